The summed E-state index contributed by atoms with van der Waals surface area (Å²) in [6.45, 7) is 1.80. The van der Waals surface area contributed by atoms with E-state index in [2.05, 4.69) is 17.4 Å². The summed E-state index contributed by atoms with van der Waals surface area (Å²) in [6, 6.07) is 20.5. The number of carbonyl (C=O) groups excluding carboxylic acids is 1. The number of nitrogens with one attached hydrogen (secondary N) is 1. The van der Waals surface area contributed by atoms with E-state index in [1.54, 1.807) is 25.1 Å². The summed E-state index contributed by atoms with van der Waals surface area (Å²) in [7, 11) is 0. The zero-order chi connectivity index (χ0) is 22.9. The van der Waals surface area contributed by atoms with Crippen LogP contribution in [0.5, 0.6) is 11.5 Å². The van der Waals surface area contributed by atoms with E-state index in [0.717, 1.165) is 22.3 Å². The van der Waals surface area contributed by atoms with Crippen LogP contribution < -0.4 is 14.8 Å². The predicted molar refractivity (Wildman–Crippen MR) is 120 cm³/mol. The van der Waals surface area contributed by atoms with E-state index in [1.807, 2.05) is 36.4 Å². The summed E-state index contributed by atoms with van der Waals surface area (Å²) < 4.78 is 16.3. The fourth-order valence-electron chi connectivity index (χ4n) is 4.51. The van der Waals surface area contributed by atoms with Crippen molar-refractivity contribution >= 4 is 12.1 Å². The van der Waals surface area contributed by atoms with Crippen molar-refractivity contribution in [3.8, 4) is 22.6 Å². The zero-order valence-corrected chi connectivity index (χ0v) is 18.0. The molecule has 1 aliphatic carbocycles. The van der Waals surface area contributed by atoms with E-state index in [9.17, 15) is 14.7 Å². The van der Waals surface area contributed by atoms with Gasteiger partial charge < -0.3 is 24.6 Å². The largest absolute Gasteiger partial charge is 0.481 e. The molecular weight excluding hydrogens is 422 g/mol. The average Bonchev–Trinajstić information content (AvgIpc) is 3.43. The van der Waals surface area contributed by atoms with Gasteiger partial charge in [0.05, 0.1) is 12.0 Å². The fraction of sp³-hybridized carbons (Fsp3) is 0.231. The Labute approximate surface area is 190 Å². The number of amides is 1. The van der Waals surface area contributed by atoms with Gasteiger partial charge in [0.1, 0.15) is 6.61 Å². The van der Waals surface area contributed by atoms with Gasteiger partial charge in [0, 0.05) is 5.92 Å². The Morgan fingerprint density at radius 3 is 2.30 bits per heavy atom. The minimum Gasteiger partial charge on any atom is -0.481 e. The highest BCUT2D eigenvalue weighted by molar-refractivity contribution is 5.79. The number of benzene rings is 3. The second-order valence-electron chi connectivity index (χ2n) is 8.19. The van der Waals surface area contributed by atoms with E-state index < -0.39 is 24.0 Å². The summed E-state index contributed by atoms with van der Waals surface area (Å²) in [6.07, 6.45) is -0.673. The molecule has 3 aromatic rings. The number of rotatable bonds is 6. The smallest absolute Gasteiger partial charge is 0.407 e. The summed E-state index contributed by atoms with van der Waals surface area (Å²) in [4.78, 5) is 24.5. The number of aliphatic carboxylic acids is 1. The molecule has 3 aromatic carbocycles. The number of fused-ring (bicyclic) bond motifs is 4. The second kappa shape index (κ2) is 8.50. The Kier molecular flexibility index (Phi) is 5.38. The zero-order valence-electron chi connectivity index (χ0n) is 18.0. The Bertz CT molecular complexity index is 1180. The minimum atomic E-state index is -1.03. The molecule has 168 valence electrons. The maximum atomic E-state index is 12.8. The van der Waals surface area contributed by atoms with Crippen LogP contribution in [-0.4, -0.2) is 30.6 Å². The molecule has 2 N–H and O–H groups in total. The molecule has 33 heavy (non-hydrogen) atoms. The van der Waals surface area contributed by atoms with Crippen molar-refractivity contribution in [1.82, 2.24) is 5.32 Å². The first-order valence-electron chi connectivity index (χ1n) is 10.8. The highest BCUT2D eigenvalue weighted by Gasteiger charge is 2.31. The van der Waals surface area contributed by atoms with Gasteiger partial charge in [0.25, 0.3) is 0 Å². The fourth-order valence-corrected chi connectivity index (χ4v) is 4.51. The van der Waals surface area contributed by atoms with E-state index in [0.29, 0.717) is 17.1 Å². The van der Waals surface area contributed by atoms with E-state index in [-0.39, 0.29) is 19.3 Å². The van der Waals surface area contributed by atoms with Crippen LogP contribution in [0.1, 0.15) is 35.6 Å². The van der Waals surface area contributed by atoms with Gasteiger partial charge in [-0.1, -0.05) is 54.6 Å². The van der Waals surface area contributed by atoms with Gasteiger partial charge in [-0.05, 0) is 46.9 Å². The van der Waals surface area contributed by atoms with Crippen molar-refractivity contribution in [1.29, 1.82) is 0 Å². The van der Waals surface area contributed by atoms with Gasteiger partial charge in [0.15, 0.2) is 11.5 Å². The number of ether oxygens (including phenoxy) is 3. The van der Waals surface area contributed by atoms with Gasteiger partial charge in [-0.2, -0.15) is 0 Å². The molecule has 5 rings (SSSR count). The first kappa shape index (κ1) is 20.9. The standard InChI is InChI=1S/C26H23NO6/c1-15(25(28)29)24(16-10-11-22-23(12-16)33-14-32-22)27-26(30)31-13-21-19-8-4-2-6-17(19)18-7-3-5-9-20(18)21/h2-12,15,21,24H,13-14H2,1H3,(H,27,30)(H,28,29). The van der Waals surface area contributed by atoms with E-state index in [4.69, 9.17) is 14.2 Å². The maximum absolute atomic E-state index is 12.8. The van der Waals surface area contributed by atoms with Crippen molar-refractivity contribution in [3.05, 3.63) is 83.4 Å². The molecule has 1 heterocycles. The van der Waals surface area contributed by atoms with Crippen LogP contribution in [0.3, 0.4) is 0 Å². The molecule has 2 atom stereocenters. The molecule has 0 radical (unpaired) electrons. The summed E-state index contributed by atoms with van der Waals surface area (Å²) in [5.74, 6) is -0.891. The van der Waals surface area contributed by atoms with Crippen LogP contribution in [-0.2, 0) is 9.53 Å². The average molecular weight is 445 g/mol. The molecular formula is C26H23NO6. The minimum absolute atomic E-state index is 0.0796. The van der Waals surface area contributed by atoms with Crippen LogP contribution in [0, 0.1) is 5.92 Å². The highest BCUT2D eigenvalue weighted by atomic mass is 16.7. The molecule has 7 heteroatoms. The number of alkyl carbamates (subject to hydrolysis) is 1. The van der Waals surface area contributed by atoms with Gasteiger partial charge >= 0.3 is 12.1 Å². The van der Waals surface area contributed by atoms with Crippen molar-refractivity contribution in [2.75, 3.05) is 13.4 Å². The molecule has 1 aliphatic heterocycles. The molecule has 2 unspecified atom stereocenters. The topological polar surface area (TPSA) is 94.1 Å². The van der Waals surface area contributed by atoms with Crippen LogP contribution in [0.15, 0.2) is 66.7 Å². The van der Waals surface area contributed by atoms with Gasteiger partial charge in [-0.3, -0.25) is 4.79 Å². The number of carboxylic acids is 1. The molecule has 0 saturated carbocycles. The summed E-state index contributed by atoms with van der Waals surface area (Å²) in [5, 5.41) is 12.3. The molecule has 0 aromatic heterocycles. The third kappa shape index (κ3) is 3.86. The molecule has 1 amide bonds. The monoisotopic (exact) mass is 445 g/mol. The molecule has 0 fully saturated rings. The second-order valence-corrected chi connectivity index (χ2v) is 8.19. The summed E-state index contributed by atoms with van der Waals surface area (Å²) >= 11 is 0. The molecule has 0 spiro atoms. The van der Waals surface area contributed by atoms with E-state index in [1.165, 1.54) is 0 Å². The van der Waals surface area contributed by atoms with Crippen LogP contribution in [0.4, 0.5) is 4.79 Å². The third-order valence-electron chi connectivity index (χ3n) is 6.26. The molecule has 0 bridgehead atoms. The number of hydrogen-bond donors (Lipinski definition) is 2. The molecule has 0 saturated heterocycles. The van der Waals surface area contributed by atoms with Gasteiger partial charge in [-0.15, -0.1) is 0 Å². The number of carbonyl (C=O) groups is 2. The lowest BCUT2D eigenvalue weighted by Gasteiger charge is -2.23. The Morgan fingerprint density at radius 1 is 1.00 bits per heavy atom. The van der Waals surface area contributed by atoms with Crippen LogP contribution >= 0.6 is 0 Å². The van der Waals surface area contributed by atoms with Crippen molar-refractivity contribution in [3.63, 3.8) is 0 Å². The SMILES string of the molecule is CC(C(=O)O)C(NC(=O)OCC1c2ccccc2-c2ccccc21)c1ccc2c(c1)OCO2. The predicted octanol–water partition coefficient (Wildman–Crippen LogP) is 4.72. The lowest BCUT2D eigenvalue weighted by Crippen LogP contribution is -2.36. The van der Waals surface area contributed by atoms with Crippen molar-refractivity contribution in [2.45, 2.75) is 18.9 Å². The normalized spacial score (nSPS) is 15.3. The van der Waals surface area contributed by atoms with E-state index >= 15 is 0 Å². The van der Waals surface area contributed by atoms with Crippen molar-refractivity contribution in [2.24, 2.45) is 5.92 Å². The maximum Gasteiger partial charge on any atom is 0.407 e. The first-order valence-corrected chi connectivity index (χ1v) is 10.8. The van der Waals surface area contributed by atoms with Gasteiger partial charge in [-0.25, -0.2) is 4.79 Å². The molecule has 7 nitrogen and oxygen atoms in total. The number of carboxylic acid groups (broad SMARTS) is 1. The lowest BCUT2D eigenvalue weighted by molar-refractivity contribution is -0.142. The Morgan fingerprint density at radius 2 is 1.64 bits per heavy atom. The van der Waals surface area contributed by atoms with Gasteiger partial charge in [0.2, 0.25) is 6.79 Å². The van der Waals surface area contributed by atoms with Crippen molar-refractivity contribution < 1.29 is 28.9 Å². The highest BCUT2D eigenvalue weighted by Crippen LogP contribution is 2.44. The Balaban J connectivity index is 1.33. The molecule has 2 aliphatic rings. The Hall–Kier alpha value is -4.00. The van der Waals surface area contributed by atoms with Crippen LogP contribution in [0.25, 0.3) is 11.1 Å². The van der Waals surface area contributed by atoms with Crippen LogP contribution in [0.2, 0.25) is 0 Å². The quantitative estimate of drug-likeness (QED) is 0.570. The number of hydrogen-bond acceptors (Lipinski definition) is 5. The lowest BCUT2D eigenvalue weighted by atomic mass is 9.94. The first-order chi connectivity index (χ1) is 16.0. The summed E-state index contributed by atoms with van der Waals surface area (Å²) in [5.41, 5.74) is 5.10. The third-order valence-corrected chi connectivity index (χ3v) is 6.26.